The van der Waals surface area contributed by atoms with Crippen molar-refractivity contribution >= 4 is 37.7 Å². The van der Waals surface area contributed by atoms with Crippen LogP contribution in [-0.2, 0) is 4.74 Å². The van der Waals surface area contributed by atoms with E-state index in [-0.39, 0.29) is 50.4 Å². The van der Waals surface area contributed by atoms with Gasteiger partial charge < -0.3 is 9.84 Å². The summed E-state index contributed by atoms with van der Waals surface area (Å²) in [5, 5.41) is 8.19. The molecule has 1 N–H and O–H groups in total. The number of hydrogen-bond donors (Lipinski definition) is 1. The Balaban J connectivity index is 0. The molecule has 0 aliphatic carbocycles. The summed E-state index contributed by atoms with van der Waals surface area (Å²) in [6, 6.07) is 0. The van der Waals surface area contributed by atoms with Crippen LogP contribution in [0, 0.1) is 0 Å². The summed E-state index contributed by atoms with van der Waals surface area (Å²) in [4.78, 5) is 0. The first-order valence-corrected chi connectivity index (χ1v) is 2.50. The van der Waals surface area contributed by atoms with Crippen LogP contribution in [0.4, 0.5) is 0 Å². The van der Waals surface area contributed by atoms with Crippen LogP contribution in [0.3, 0.4) is 0 Å². The van der Waals surface area contributed by atoms with Crippen LogP contribution in [0.5, 0.6) is 0 Å². The summed E-state index contributed by atoms with van der Waals surface area (Å²) in [6.07, 6.45) is 0.243. The zero-order chi connectivity index (χ0) is 5.70. The number of rotatable bonds is 3. The molecule has 0 heterocycles. The predicted molar refractivity (Wildman–Crippen MR) is 36.7 cm³/mol. The summed E-state index contributed by atoms with van der Waals surface area (Å²) in [5.74, 6) is 0. The fourth-order valence-corrected chi connectivity index (χ4v) is 0.288. The van der Waals surface area contributed by atoms with Crippen molar-refractivity contribution in [1.29, 1.82) is 0 Å². The third-order valence-corrected chi connectivity index (χ3v) is 0.542. The van der Waals surface area contributed by atoms with Crippen LogP contribution < -0.4 is 0 Å². The van der Waals surface area contributed by atoms with Crippen molar-refractivity contribution < 1.29 is 9.84 Å². The Labute approximate surface area is 80.2 Å². The molecule has 3 heteroatoms. The van der Waals surface area contributed by atoms with Gasteiger partial charge in [0.05, 0.1) is 19.3 Å². The Morgan fingerprint density at radius 3 is 2.12 bits per heavy atom. The van der Waals surface area contributed by atoms with Crippen molar-refractivity contribution in [3.05, 3.63) is 0 Å². The molecular formula is C5H14CaO2. The minimum atomic E-state index is 0. The van der Waals surface area contributed by atoms with Crippen molar-refractivity contribution in [3.63, 3.8) is 0 Å². The molecule has 0 fully saturated rings. The summed E-state index contributed by atoms with van der Waals surface area (Å²) in [5.41, 5.74) is 0. The zero-order valence-corrected chi connectivity index (χ0v) is 4.85. The van der Waals surface area contributed by atoms with Crippen LogP contribution in [0.25, 0.3) is 0 Å². The Kier molecular flexibility index (Phi) is 12.2. The van der Waals surface area contributed by atoms with Crippen LogP contribution >= 0.6 is 0 Å². The molecule has 0 bridgehead atoms. The Morgan fingerprint density at radius 1 is 1.50 bits per heavy atom. The Bertz CT molecular complexity index is 39.4. The van der Waals surface area contributed by atoms with Gasteiger partial charge in [-0.05, 0) is 13.8 Å². The molecule has 0 saturated heterocycles. The standard InChI is InChI=1S/C5H12O2.Ca.2H/c1-5(2)7-4-3-6;;;/h5-6H,3-4H2,1-2H3;;;. The summed E-state index contributed by atoms with van der Waals surface area (Å²) in [7, 11) is 0. The van der Waals surface area contributed by atoms with E-state index in [0.29, 0.717) is 6.61 Å². The molecule has 0 amide bonds. The number of ether oxygens (including phenoxy) is 1. The third-order valence-electron chi connectivity index (χ3n) is 0.542. The fraction of sp³-hybridized carbons (Fsp3) is 1.00. The molecule has 0 aromatic carbocycles. The van der Waals surface area contributed by atoms with Crippen LogP contribution in [-0.4, -0.2) is 62.2 Å². The third kappa shape index (κ3) is 10.2. The van der Waals surface area contributed by atoms with Crippen LogP contribution in [0.2, 0.25) is 0 Å². The molecule has 0 rings (SSSR count). The van der Waals surface area contributed by atoms with Gasteiger partial charge in [0, 0.05) is 0 Å². The molecule has 0 aromatic heterocycles. The molecule has 0 aromatic rings. The van der Waals surface area contributed by atoms with Gasteiger partial charge in [0.2, 0.25) is 0 Å². The predicted octanol–water partition coefficient (Wildman–Crippen LogP) is -0.512. The van der Waals surface area contributed by atoms with E-state index in [1.807, 2.05) is 13.8 Å². The van der Waals surface area contributed by atoms with E-state index < -0.39 is 0 Å². The monoisotopic (exact) mass is 146 g/mol. The molecule has 0 aliphatic rings. The van der Waals surface area contributed by atoms with Gasteiger partial charge >= 0.3 is 37.7 Å². The molecular weight excluding hydrogens is 132 g/mol. The van der Waals surface area contributed by atoms with Gasteiger partial charge in [-0.25, -0.2) is 0 Å². The molecule has 2 nitrogen and oxygen atoms in total. The minimum absolute atomic E-state index is 0. The van der Waals surface area contributed by atoms with Gasteiger partial charge in [-0.3, -0.25) is 0 Å². The molecule has 0 saturated carbocycles. The molecule has 0 spiro atoms. The van der Waals surface area contributed by atoms with Gasteiger partial charge in [0.1, 0.15) is 0 Å². The van der Waals surface area contributed by atoms with Crippen molar-refractivity contribution in [1.82, 2.24) is 0 Å². The maximum absolute atomic E-state index is 8.19. The van der Waals surface area contributed by atoms with Gasteiger partial charge in [-0.2, -0.15) is 0 Å². The van der Waals surface area contributed by atoms with Crippen molar-refractivity contribution in [2.75, 3.05) is 13.2 Å². The number of aliphatic hydroxyl groups is 1. The average molecular weight is 146 g/mol. The van der Waals surface area contributed by atoms with Crippen LogP contribution in [0.15, 0.2) is 0 Å². The zero-order valence-electron chi connectivity index (χ0n) is 4.85. The molecule has 0 aliphatic heterocycles. The van der Waals surface area contributed by atoms with Crippen LogP contribution in [0.1, 0.15) is 13.8 Å². The molecule has 0 radical (unpaired) electrons. The average Bonchev–Trinajstić information content (AvgIpc) is 1.61. The van der Waals surface area contributed by atoms with E-state index in [1.165, 1.54) is 0 Å². The maximum atomic E-state index is 8.19. The number of hydrogen-bond acceptors (Lipinski definition) is 2. The van der Waals surface area contributed by atoms with Crippen molar-refractivity contribution in [2.24, 2.45) is 0 Å². The molecule has 8 heavy (non-hydrogen) atoms. The van der Waals surface area contributed by atoms with E-state index in [4.69, 9.17) is 9.84 Å². The Hall–Kier alpha value is 1.18. The molecule has 48 valence electrons. The summed E-state index contributed by atoms with van der Waals surface area (Å²) < 4.78 is 4.94. The van der Waals surface area contributed by atoms with Gasteiger partial charge in [-0.15, -0.1) is 0 Å². The van der Waals surface area contributed by atoms with Crippen molar-refractivity contribution in [2.45, 2.75) is 20.0 Å². The van der Waals surface area contributed by atoms with Crippen molar-refractivity contribution in [3.8, 4) is 0 Å². The van der Waals surface area contributed by atoms with E-state index in [0.717, 1.165) is 0 Å². The summed E-state index contributed by atoms with van der Waals surface area (Å²) in [6.45, 7) is 4.46. The first-order chi connectivity index (χ1) is 3.27. The quantitative estimate of drug-likeness (QED) is 0.543. The normalized spacial score (nSPS) is 9.00. The second kappa shape index (κ2) is 8.18. The number of aliphatic hydroxyl groups excluding tert-OH is 1. The van der Waals surface area contributed by atoms with E-state index in [9.17, 15) is 0 Å². The first-order valence-electron chi connectivity index (χ1n) is 2.50. The van der Waals surface area contributed by atoms with Gasteiger partial charge in [-0.1, -0.05) is 0 Å². The van der Waals surface area contributed by atoms with E-state index in [1.54, 1.807) is 0 Å². The topological polar surface area (TPSA) is 29.5 Å². The Morgan fingerprint density at radius 2 is 2.00 bits per heavy atom. The van der Waals surface area contributed by atoms with Gasteiger partial charge in [0.25, 0.3) is 0 Å². The summed E-state index contributed by atoms with van der Waals surface area (Å²) >= 11 is 0. The fourth-order valence-electron chi connectivity index (χ4n) is 0.288. The molecule has 0 unspecified atom stereocenters. The van der Waals surface area contributed by atoms with E-state index >= 15 is 0 Å². The SMILES string of the molecule is CC(C)OCCO.[CaH2]. The van der Waals surface area contributed by atoms with E-state index in [2.05, 4.69) is 0 Å². The molecule has 0 atom stereocenters. The van der Waals surface area contributed by atoms with Gasteiger partial charge in [0.15, 0.2) is 0 Å². The second-order valence-electron chi connectivity index (χ2n) is 1.64. The first kappa shape index (κ1) is 11.9. The second-order valence-corrected chi connectivity index (χ2v) is 1.64.